The Labute approximate surface area is 131 Å². The number of esters is 1. The van der Waals surface area contributed by atoms with Gasteiger partial charge in [-0.05, 0) is 0 Å². The number of nitrogens with zero attached hydrogens (tertiary/aromatic N) is 4. The van der Waals surface area contributed by atoms with Gasteiger partial charge in [0.2, 0.25) is 0 Å². The lowest BCUT2D eigenvalue weighted by atomic mass is 10.2. The van der Waals surface area contributed by atoms with Gasteiger partial charge in [-0.1, -0.05) is 0 Å². The highest BCUT2D eigenvalue weighted by Crippen LogP contribution is 2.31. The summed E-state index contributed by atoms with van der Waals surface area (Å²) in [6.45, 7) is 0.192. The number of fused-ring (bicyclic) bond motifs is 1. The molecule has 1 aliphatic heterocycles. The molecule has 1 fully saturated rings. The van der Waals surface area contributed by atoms with E-state index in [2.05, 4.69) is 15.0 Å². The van der Waals surface area contributed by atoms with Gasteiger partial charge in [-0.15, -0.1) is 0 Å². The van der Waals surface area contributed by atoms with Crippen molar-refractivity contribution in [3.63, 3.8) is 0 Å². The molecule has 3 atom stereocenters. The van der Waals surface area contributed by atoms with Crippen molar-refractivity contribution >= 4 is 23.0 Å². The number of carbonyl (C=O) groups is 1. The van der Waals surface area contributed by atoms with Gasteiger partial charge >= 0.3 is 5.97 Å². The molecule has 1 saturated heterocycles. The molecule has 10 heteroatoms. The standard InChI is InChI=1S/C13H18N6O4/c14-2-1-10(21)22-4-8-7(20)3-9(23-8)19-6-18-11-12(15)16-5-17-13(11)19/h5-9,20H,1-4,14H2,(H2,15,16,17)/t7-,8+,9+/m0/s1. The van der Waals surface area contributed by atoms with Gasteiger partial charge in [0.15, 0.2) is 11.5 Å². The van der Waals surface area contributed by atoms with Crippen LogP contribution in [0.5, 0.6) is 0 Å². The Morgan fingerprint density at radius 3 is 3.09 bits per heavy atom. The Hall–Kier alpha value is -2.30. The van der Waals surface area contributed by atoms with Gasteiger partial charge in [0.1, 0.15) is 30.8 Å². The molecule has 10 nitrogen and oxygen atoms in total. The minimum Gasteiger partial charge on any atom is -0.463 e. The van der Waals surface area contributed by atoms with Gasteiger partial charge in [-0.2, -0.15) is 0 Å². The zero-order valence-electron chi connectivity index (χ0n) is 12.3. The molecule has 0 radical (unpaired) electrons. The SMILES string of the molecule is NCCC(=O)OC[C@H]1O[C@@H](n2cnc3c(N)ncnc32)C[C@@H]1O. The summed E-state index contributed by atoms with van der Waals surface area (Å²) < 4.78 is 12.5. The first-order valence-electron chi connectivity index (χ1n) is 7.22. The second kappa shape index (κ2) is 6.44. The number of aromatic nitrogens is 4. The van der Waals surface area contributed by atoms with Crippen molar-refractivity contribution in [2.24, 2.45) is 5.73 Å². The first-order chi connectivity index (χ1) is 11.1. The predicted octanol–water partition coefficient (Wildman–Crippen LogP) is -1.05. The van der Waals surface area contributed by atoms with E-state index in [0.717, 1.165) is 0 Å². The lowest BCUT2D eigenvalue weighted by Gasteiger charge is -2.15. The fourth-order valence-corrected chi connectivity index (χ4v) is 2.48. The van der Waals surface area contributed by atoms with Crippen LogP contribution in [-0.4, -0.2) is 56.0 Å². The van der Waals surface area contributed by atoms with Crippen LogP contribution in [-0.2, 0) is 14.3 Å². The van der Waals surface area contributed by atoms with E-state index in [1.54, 1.807) is 4.57 Å². The topological polar surface area (TPSA) is 151 Å². The summed E-state index contributed by atoms with van der Waals surface area (Å²) in [6.07, 6.45) is 1.50. The number of ether oxygens (including phenoxy) is 2. The normalized spacial score (nSPS) is 24.2. The highest BCUT2D eigenvalue weighted by molar-refractivity contribution is 5.81. The molecule has 1 aliphatic rings. The van der Waals surface area contributed by atoms with Crippen LogP contribution in [0.2, 0.25) is 0 Å². The molecular formula is C13H18N6O4. The van der Waals surface area contributed by atoms with Crippen LogP contribution in [0.1, 0.15) is 19.1 Å². The molecule has 0 aromatic carbocycles. The van der Waals surface area contributed by atoms with Gasteiger partial charge < -0.3 is 26.0 Å². The number of carbonyl (C=O) groups excluding carboxylic acids is 1. The average Bonchev–Trinajstić information content (AvgIpc) is 3.10. The van der Waals surface area contributed by atoms with E-state index in [1.165, 1.54) is 12.7 Å². The van der Waals surface area contributed by atoms with Crippen LogP contribution in [0.3, 0.4) is 0 Å². The molecule has 0 aliphatic carbocycles. The van der Waals surface area contributed by atoms with Crippen LogP contribution in [0.25, 0.3) is 11.2 Å². The highest BCUT2D eigenvalue weighted by atomic mass is 16.6. The summed E-state index contributed by atoms with van der Waals surface area (Å²) in [5.74, 6) is -0.139. The van der Waals surface area contributed by atoms with E-state index in [9.17, 15) is 9.90 Å². The molecule has 3 heterocycles. The van der Waals surface area contributed by atoms with Crippen LogP contribution in [0.4, 0.5) is 5.82 Å². The van der Waals surface area contributed by atoms with Gasteiger partial charge in [0.25, 0.3) is 0 Å². The van der Waals surface area contributed by atoms with Crippen LogP contribution < -0.4 is 11.5 Å². The Morgan fingerprint density at radius 1 is 1.48 bits per heavy atom. The molecule has 0 saturated carbocycles. The van der Waals surface area contributed by atoms with Gasteiger partial charge in [-0.25, -0.2) is 15.0 Å². The van der Waals surface area contributed by atoms with Crippen molar-refractivity contribution in [2.75, 3.05) is 18.9 Å². The number of anilines is 1. The first-order valence-corrected chi connectivity index (χ1v) is 7.22. The lowest BCUT2D eigenvalue weighted by molar-refractivity contribution is -0.149. The molecule has 0 amide bonds. The zero-order chi connectivity index (χ0) is 16.4. The van der Waals surface area contributed by atoms with Crippen molar-refractivity contribution in [1.82, 2.24) is 19.5 Å². The molecular weight excluding hydrogens is 304 g/mol. The summed E-state index contributed by atoms with van der Waals surface area (Å²) in [7, 11) is 0. The largest absolute Gasteiger partial charge is 0.463 e. The summed E-state index contributed by atoms with van der Waals surface area (Å²) in [5.41, 5.74) is 12.0. The quantitative estimate of drug-likeness (QED) is 0.585. The summed E-state index contributed by atoms with van der Waals surface area (Å²) in [5, 5.41) is 10.1. The molecule has 5 N–H and O–H groups in total. The Morgan fingerprint density at radius 2 is 2.30 bits per heavy atom. The smallest absolute Gasteiger partial charge is 0.307 e. The van der Waals surface area contributed by atoms with Crippen LogP contribution in [0, 0.1) is 0 Å². The van der Waals surface area contributed by atoms with Gasteiger partial charge in [-0.3, -0.25) is 9.36 Å². The maximum Gasteiger partial charge on any atom is 0.307 e. The number of hydrogen-bond donors (Lipinski definition) is 3. The average molecular weight is 322 g/mol. The molecule has 0 bridgehead atoms. The molecule has 23 heavy (non-hydrogen) atoms. The number of imidazole rings is 1. The molecule has 124 valence electrons. The van der Waals surface area contributed by atoms with E-state index >= 15 is 0 Å². The Kier molecular flexibility index (Phi) is 4.37. The number of aliphatic hydroxyl groups excluding tert-OH is 1. The van der Waals surface area contributed by atoms with E-state index in [0.29, 0.717) is 17.6 Å². The van der Waals surface area contributed by atoms with Gasteiger partial charge in [0, 0.05) is 13.0 Å². The molecule has 0 unspecified atom stereocenters. The van der Waals surface area contributed by atoms with Gasteiger partial charge in [0.05, 0.1) is 18.9 Å². The molecule has 3 rings (SSSR count). The maximum absolute atomic E-state index is 11.3. The Bertz CT molecular complexity index is 705. The van der Waals surface area contributed by atoms with E-state index in [4.69, 9.17) is 20.9 Å². The summed E-state index contributed by atoms with van der Waals surface area (Å²) in [4.78, 5) is 23.5. The maximum atomic E-state index is 11.3. The Balaban J connectivity index is 1.70. The number of nitrogens with two attached hydrogens (primary N) is 2. The van der Waals surface area contributed by atoms with Crippen molar-refractivity contribution in [3.8, 4) is 0 Å². The monoisotopic (exact) mass is 322 g/mol. The minimum atomic E-state index is -0.762. The second-order valence-corrected chi connectivity index (χ2v) is 5.24. The van der Waals surface area contributed by atoms with Crippen molar-refractivity contribution in [3.05, 3.63) is 12.7 Å². The minimum absolute atomic E-state index is 0.0275. The van der Waals surface area contributed by atoms with Crippen LogP contribution in [0.15, 0.2) is 12.7 Å². The number of aliphatic hydroxyl groups is 1. The fraction of sp³-hybridized carbons (Fsp3) is 0.538. The predicted molar refractivity (Wildman–Crippen MR) is 78.9 cm³/mol. The van der Waals surface area contributed by atoms with Crippen molar-refractivity contribution in [1.29, 1.82) is 0 Å². The summed E-state index contributed by atoms with van der Waals surface area (Å²) >= 11 is 0. The third-order valence-corrected chi connectivity index (χ3v) is 3.66. The molecule has 2 aromatic rings. The van der Waals surface area contributed by atoms with E-state index in [-0.39, 0.29) is 25.4 Å². The number of rotatable bonds is 5. The van der Waals surface area contributed by atoms with E-state index in [1.807, 2.05) is 0 Å². The third-order valence-electron chi connectivity index (χ3n) is 3.66. The lowest BCUT2D eigenvalue weighted by Crippen LogP contribution is -2.28. The fourth-order valence-electron chi connectivity index (χ4n) is 2.48. The van der Waals surface area contributed by atoms with Crippen molar-refractivity contribution < 1.29 is 19.4 Å². The number of hydrogen-bond acceptors (Lipinski definition) is 9. The van der Waals surface area contributed by atoms with Crippen molar-refractivity contribution in [2.45, 2.75) is 31.3 Å². The second-order valence-electron chi connectivity index (χ2n) is 5.24. The number of nitrogen functional groups attached to an aromatic ring is 1. The zero-order valence-corrected chi connectivity index (χ0v) is 12.3. The van der Waals surface area contributed by atoms with E-state index < -0.39 is 24.4 Å². The summed E-state index contributed by atoms with van der Waals surface area (Å²) in [6, 6.07) is 0. The first kappa shape index (κ1) is 15.6. The van der Waals surface area contributed by atoms with Crippen LogP contribution >= 0.6 is 0 Å². The highest BCUT2D eigenvalue weighted by Gasteiger charge is 2.36. The third kappa shape index (κ3) is 3.09. The molecule has 2 aromatic heterocycles. The molecule has 0 spiro atoms.